The first kappa shape index (κ1) is 20.1. The first-order chi connectivity index (χ1) is 15.1. The van der Waals surface area contributed by atoms with Crippen LogP contribution in [0.15, 0.2) is 35.4 Å². The Hall–Kier alpha value is -2.87. The third-order valence-electron chi connectivity index (χ3n) is 6.34. The zero-order chi connectivity index (χ0) is 21.4. The molecule has 0 bridgehead atoms. The van der Waals surface area contributed by atoms with Crippen molar-refractivity contribution in [3.05, 3.63) is 51.4 Å². The monoisotopic (exact) mass is 438 g/mol. The van der Waals surface area contributed by atoms with E-state index in [0.29, 0.717) is 26.1 Å². The van der Waals surface area contributed by atoms with Crippen molar-refractivity contribution in [2.75, 3.05) is 31.1 Å². The van der Waals surface area contributed by atoms with Crippen molar-refractivity contribution in [2.45, 2.75) is 38.6 Å². The van der Waals surface area contributed by atoms with Gasteiger partial charge in [0.1, 0.15) is 10.6 Å². The maximum absolute atomic E-state index is 13.1. The van der Waals surface area contributed by atoms with Crippen molar-refractivity contribution >= 4 is 33.1 Å². The van der Waals surface area contributed by atoms with Crippen LogP contribution in [0.2, 0.25) is 0 Å². The van der Waals surface area contributed by atoms with E-state index in [2.05, 4.69) is 9.88 Å². The Morgan fingerprint density at radius 2 is 1.94 bits per heavy atom. The molecule has 7 nitrogen and oxygen atoms in total. The van der Waals surface area contributed by atoms with Gasteiger partial charge in [-0.05, 0) is 43.4 Å². The SMILES string of the molecule is O=C(CCn1cnc2sc3c(c2c1=O)CCCC3)N1CCN(c2cccc(O)c2)CC1. The summed E-state index contributed by atoms with van der Waals surface area (Å²) in [6.45, 7) is 3.09. The molecule has 0 saturated carbocycles. The molecule has 1 aliphatic carbocycles. The minimum atomic E-state index is -0.00842. The number of benzene rings is 1. The molecule has 1 amide bonds. The largest absolute Gasteiger partial charge is 0.508 e. The van der Waals surface area contributed by atoms with Crippen molar-refractivity contribution in [1.82, 2.24) is 14.5 Å². The van der Waals surface area contributed by atoms with E-state index in [1.807, 2.05) is 17.0 Å². The van der Waals surface area contributed by atoms with Crippen LogP contribution >= 0.6 is 11.3 Å². The van der Waals surface area contributed by atoms with Gasteiger partial charge in [-0.3, -0.25) is 14.2 Å². The molecule has 5 rings (SSSR count). The van der Waals surface area contributed by atoms with Crippen molar-refractivity contribution in [1.29, 1.82) is 0 Å². The number of hydrogen-bond donors (Lipinski definition) is 1. The predicted molar refractivity (Wildman–Crippen MR) is 122 cm³/mol. The van der Waals surface area contributed by atoms with Crippen LogP contribution in [-0.2, 0) is 24.2 Å². The summed E-state index contributed by atoms with van der Waals surface area (Å²) in [6, 6.07) is 7.20. The molecule has 0 radical (unpaired) electrons. The number of carbonyl (C=O) groups is 1. The molecular weight excluding hydrogens is 412 g/mol. The maximum atomic E-state index is 13.1. The van der Waals surface area contributed by atoms with Gasteiger partial charge in [0.25, 0.3) is 5.56 Å². The van der Waals surface area contributed by atoms with E-state index in [4.69, 9.17) is 0 Å². The first-order valence-electron chi connectivity index (χ1n) is 10.9. The fraction of sp³-hybridized carbons (Fsp3) is 0.435. The van der Waals surface area contributed by atoms with Gasteiger partial charge in [-0.25, -0.2) is 4.98 Å². The lowest BCUT2D eigenvalue weighted by Gasteiger charge is -2.36. The number of aromatic nitrogens is 2. The van der Waals surface area contributed by atoms with Crippen LogP contribution in [-0.4, -0.2) is 51.6 Å². The van der Waals surface area contributed by atoms with Crippen molar-refractivity contribution < 1.29 is 9.90 Å². The predicted octanol–water partition coefficient (Wildman–Crippen LogP) is 2.78. The molecule has 0 unspecified atom stereocenters. The number of rotatable bonds is 4. The molecule has 1 aliphatic heterocycles. The number of anilines is 1. The van der Waals surface area contributed by atoms with Gasteiger partial charge >= 0.3 is 0 Å². The highest BCUT2D eigenvalue weighted by atomic mass is 32.1. The van der Waals surface area contributed by atoms with E-state index >= 15 is 0 Å². The lowest BCUT2D eigenvalue weighted by atomic mass is 9.97. The number of phenolic OH excluding ortho intramolecular Hbond substituents is 1. The second-order valence-electron chi connectivity index (χ2n) is 8.27. The molecule has 0 atom stereocenters. The van der Waals surface area contributed by atoms with Gasteiger partial charge in [0.2, 0.25) is 5.91 Å². The van der Waals surface area contributed by atoms with Gasteiger partial charge in [0, 0.05) is 55.8 Å². The summed E-state index contributed by atoms with van der Waals surface area (Å²) in [7, 11) is 0. The van der Waals surface area contributed by atoms with E-state index in [9.17, 15) is 14.7 Å². The zero-order valence-electron chi connectivity index (χ0n) is 17.4. The number of amides is 1. The van der Waals surface area contributed by atoms with Gasteiger partial charge in [0.15, 0.2) is 0 Å². The lowest BCUT2D eigenvalue weighted by molar-refractivity contribution is -0.131. The van der Waals surface area contributed by atoms with Crippen LogP contribution in [0.25, 0.3) is 10.2 Å². The van der Waals surface area contributed by atoms with Gasteiger partial charge in [-0.1, -0.05) is 6.07 Å². The zero-order valence-corrected chi connectivity index (χ0v) is 18.2. The molecule has 162 valence electrons. The minimum absolute atomic E-state index is 0.00842. The van der Waals surface area contributed by atoms with Gasteiger partial charge in [-0.2, -0.15) is 0 Å². The molecule has 1 fully saturated rings. The van der Waals surface area contributed by atoms with Gasteiger partial charge in [0.05, 0.1) is 11.7 Å². The number of fused-ring (bicyclic) bond motifs is 3. The van der Waals surface area contributed by atoms with E-state index in [1.54, 1.807) is 34.4 Å². The Kier molecular flexibility index (Phi) is 5.40. The second-order valence-corrected chi connectivity index (χ2v) is 9.36. The van der Waals surface area contributed by atoms with Crippen LogP contribution in [0.3, 0.4) is 0 Å². The first-order valence-corrected chi connectivity index (χ1v) is 11.7. The van der Waals surface area contributed by atoms with Gasteiger partial charge in [-0.15, -0.1) is 11.3 Å². The summed E-state index contributed by atoms with van der Waals surface area (Å²) in [5.41, 5.74) is 2.15. The molecule has 1 N–H and O–H groups in total. The Balaban J connectivity index is 1.22. The number of carbonyl (C=O) groups excluding carboxylic acids is 1. The fourth-order valence-corrected chi connectivity index (χ4v) is 5.84. The lowest BCUT2D eigenvalue weighted by Crippen LogP contribution is -2.49. The van der Waals surface area contributed by atoms with Crippen molar-refractivity contribution in [2.24, 2.45) is 0 Å². The number of hydrogen-bond acceptors (Lipinski definition) is 6. The highest BCUT2D eigenvalue weighted by molar-refractivity contribution is 7.18. The van der Waals surface area contributed by atoms with Crippen molar-refractivity contribution in [3.8, 4) is 5.75 Å². The fourth-order valence-electron chi connectivity index (χ4n) is 4.62. The normalized spacial score (nSPS) is 16.5. The van der Waals surface area contributed by atoms with Crippen LogP contribution < -0.4 is 10.5 Å². The van der Waals surface area contributed by atoms with Gasteiger partial charge < -0.3 is 14.9 Å². The molecular formula is C23H26N4O3S. The van der Waals surface area contributed by atoms with Crippen LogP contribution in [0.1, 0.15) is 29.7 Å². The number of aryl methyl sites for hydroxylation is 3. The molecule has 3 aromatic rings. The van der Waals surface area contributed by atoms with E-state index in [1.165, 1.54) is 16.9 Å². The Morgan fingerprint density at radius 1 is 1.13 bits per heavy atom. The molecule has 1 aromatic carbocycles. The topological polar surface area (TPSA) is 78.7 Å². The summed E-state index contributed by atoms with van der Waals surface area (Å²) >= 11 is 1.65. The molecule has 8 heteroatoms. The second kappa shape index (κ2) is 8.34. The third-order valence-corrected chi connectivity index (χ3v) is 7.54. The summed E-state index contributed by atoms with van der Waals surface area (Å²) < 4.78 is 1.60. The van der Waals surface area contributed by atoms with Crippen molar-refractivity contribution in [3.63, 3.8) is 0 Å². The number of nitrogens with zero attached hydrogens (tertiary/aromatic N) is 4. The number of piperazine rings is 1. The molecule has 1 saturated heterocycles. The highest BCUT2D eigenvalue weighted by Crippen LogP contribution is 2.33. The summed E-state index contributed by atoms with van der Waals surface area (Å²) in [5.74, 6) is 0.314. The summed E-state index contributed by atoms with van der Waals surface area (Å²) in [5, 5.41) is 10.5. The van der Waals surface area contributed by atoms with E-state index < -0.39 is 0 Å². The Morgan fingerprint density at radius 3 is 2.74 bits per heavy atom. The number of thiophene rings is 1. The molecule has 31 heavy (non-hydrogen) atoms. The molecule has 2 aliphatic rings. The highest BCUT2D eigenvalue weighted by Gasteiger charge is 2.23. The summed E-state index contributed by atoms with van der Waals surface area (Å²) in [6.07, 6.45) is 6.20. The number of aromatic hydroxyl groups is 1. The number of phenols is 1. The average molecular weight is 439 g/mol. The van der Waals surface area contributed by atoms with Crippen LogP contribution in [0.4, 0.5) is 5.69 Å². The standard InChI is InChI=1S/C23H26N4O3S/c28-17-5-3-4-16(14-17)25-10-12-26(13-11-25)20(29)8-9-27-15-24-22-21(23(27)30)18-6-1-2-7-19(18)31-22/h3-5,14-15,28H,1-2,6-13H2. The maximum Gasteiger partial charge on any atom is 0.262 e. The van der Waals surface area contributed by atoms with Crippen LogP contribution in [0, 0.1) is 0 Å². The smallest absolute Gasteiger partial charge is 0.262 e. The van der Waals surface area contributed by atoms with Crippen LogP contribution in [0.5, 0.6) is 5.75 Å². The quantitative estimate of drug-likeness (QED) is 0.678. The Bertz CT molecular complexity index is 1180. The molecule has 0 spiro atoms. The summed E-state index contributed by atoms with van der Waals surface area (Å²) in [4.78, 5) is 36.5. The average Bonchev–Trinajstić information content (AvgIpc) is 3.18. The third kappa shape index (κ3) is 3.92. The minimum Gasteiger partial charge on any atom is -0.508 e. The molecule has 2 aromatic heterocycles. The van der Waals surface area contributed by atoms with E-state index in [-0.39, 0.29) is 17.2 Å². The van der Waals surface area contributed by atoms with E-state index in [0.717, 1.165) is 48.3 Å². The Labute approximate surface area is 184 Å². The molecule has 3 heterocycles.